The lowest BCUT2D eigenvalue weighted by Gasteiger charge is -2.03. The number of hydrogen-bond donors (Lipinski definition) is 2. The summed E-state index contributed by atoms with van der Waals surface area (Å²) in [5, 5.41) is 4.33. The van der Waals surface area contributed by atoms with Crippen molar-refractivity contribution in [2.45, 2.75) is 19.9 Å². The number of carbonyl (C=O) groups is 1. The van der Waals surface area contributed by atoms with Gasteiger partial charge in [-0.2, -0.15) is 0 Å². The van der Waals surface area contributed by atoms with Gasteiger partial charge in [-0.05, 0) is 13.8 Å². The monoisotopic (exact) mass is 185 g/mol. The Kier molecular flexibility index (Phi) is 2.78. The summed E-state index contributed by atoms with van der Waals surface area (Å²) in [5.41, 5.74) is 5.36. The van der Waals surface area contributed by atoms with Crippen molar-refractivity contribution in [2.24, 2.45) is 5.73 Å². The zero-order valence-electron chi connectivity index (χ0n) is 7.00. The Balaban J connectivity index is 2.58. The van der Waals surface area contributed by atoms with E-state index >= 15 is 0 Å². The molecule has 1 unspecified atom stereocenters. The first-order valence-corrected chi connectivity index (χ1v) is 4.40. The van der Waals surface area contributed by atoms with Crippen molar-refractivity contribution in [1.82, 2.24) is 4.98 Å². The molecular formula is C7H11N3OS. The fraction of sp³-hybridized carbons (Fsp3) is 0.429. The van der Waals surface area contributed by atoms with Crippen LogP contribution in [0.5, 0.6) is 0 Å². The molecule has 0 saturated carbocycles. The Morgan fingerprint density at radius 3 is 2.92 bits per heavy atom. The minimum absolute atomic E-state index is 0.182. The van der Waals surface area contributed by atoms with Crippen molar-refractivity contribution in [1.29, 1.82) is 0 Å². The smallest absolute Gasteiger partial charge is 0.241 e. The Labute approximate surface area is 74.8 Å². The minimum atomic E-state index is -0.479. The van der Waals surface area contributed by atoms with Gasteiger partial charge in [0, 0.05) is 0 Å². The molecule has 3 N–H and O–H groups in total. The zero-order chi connectivity index (χ0) is 9.14. The Morgan fingerprint density at radius 2 is 2.50 bits per heavy atom. The van der Waals surface area contributed by atoms with Crippen LogP contribution in [0.1, 0.15) is 11.9 Å². The lowest BCUT2D eigenvalue weighted by Crippen LogP contribution is -2.32. The molecule has 1 amide bonds. The number of hydrogen-bond acceptors (Lipinski definition) is 4. The maximum absolute atomic E-state index is 11.1. The molecule has 0 saturated heterocycles. The summed E-state index contributed by atoms with van der Waals surface area (Å²) >= 11 is 1.43. The molecule has 66 valence electrons. The highest BCUT2D eigenvalue weighted by Crippen LogP contribution is 2.17. The standard InChI is InChI=1S/C7H11N3OS/c1-4(8)7(11)10-6-3-9-5(2)12-6/h3-4H,8H2,1-2H3,(H,10,11). The average molecular weight is 185 g/mol. The molecule has 1 aromatic heterocycles. The molecular weight excluding hydrogens is 174 g/mol. The summed E-state index contributed by atoms with van der Waals surface area (Å²) < 4.78 is 0. The maximum Gasteiger partial charge on any atom is 0.241 e. The summed E-state index contributed by atoms with van der Waals surface area (Å²) in [6.45, 7) is 3.52. The van der Waals surface area contributed by atoms with Crippen LogP contribution in [-0.4, -0.2) is 16.9 Å². The van der Waals surface area contributed by atoms with E-state index in [1.165, 1.54) is 11.3 Å². The van der Waals surface area contributed by atoms with Crippen LogP contribution in [0.4, 0.5) is 5.00 Å². The highest BCUT2D eigenvalue weighted by atomic mass is 32.1. The number of aromatic nitrogens is 1. The van der Waals surface area contributed by atoms with E-state index in [2.05, 4.69) is 10.3 Å². The van der Waals surface area contributed by atoms with Crippen LogP contribution in [0.15, 0.2) is 6.20 Å². The molecule has 1 atom stereocenters. The second kappa shape index (κ2) is 3.64. The van der Waals surface area contributed by atoms with Crippen LogP contribution in [0.25, 0.3) is 0 Å². The number of aryl methyl sites for hydroxylation is 1. The summed E-state index contributed by atoms with van der Waals surface area (Å²) in [6, 6.07) is -0.479. The third kappa shape index (κ3) is 2.28. The number of anilines is 1. The van der Waals surface area contributed by atoms with Gasteiger partial charge in [-0.25, -0.2) is 4.98 Å². The van der Waals surface area contributed by atoms with Gasteiger partial charge in [0.15, 0.2) is 0 Å². The van der Waals surface area contributed by atoms with E-state index in [1.807, 2.05) is 6.92 Å². The van der Waals surface area contributed by atoms with Gasteiger partial charge in [-0.3, -0.25) is 4.79 Å². The van der Waals surface area contributed by atoms with Crippen LogP contribution >= 0.6 is 11.3 Å². The predicted octanol–water partition coefficient (Wildman–Crippen LogP) is 0.737. The predicted molar refractivity (Wildman–Crippen MR) is 49.1 cm³/mol. The van der Waals surface area contributed by atoms with Crippen LogP contribution in [0.2, 0.25) is 0 Å². The third-order valence-corrected chi connectivity index (χ3v) is 2.11. The fourth-order valence-corrected chi connectivity index (χ4v) is 1.34. The van der Waals surface area contributed by atoms with Crippen molar-refractivity contribution in [3.8, 4) is 0 Å². The highest BCUT2D eigenvalue weighted by molar-refractivity contribution is 7.15. The molecule has 4 nitrogen and oxygen atoms in total. The summed E-state index contributed by atoms with van der Waals surface area (Å²) in [4.78, 5) is 15.1. The Hall–Kier alpha value is -0.940. The van der Waals surface area contributed by atoms with Crippen molar-refractivity contribution >= 4 is 22.2 Å². The first-order chi connectivity index (χ1) is 5.59. The van der Waals surface area contributed by atoms with Crippen LogP contribution in [0, 0.1) is 6.92 Å². The molecule has 0 aliphatic rings. The molecule has 1 rings (SSSR count). The van der Waals surface area contributed by atoms with Gasteiger partial charge in [0.25, 0.3) is 0 Å². The number of nitrogens with zero attached hydrogens (tertiary/aromatic N) is 1. The second-order valence-electron chi connectivity index (χ2n) is 2.52. The van der Waals surface area contributed by atoms with E-state index in [0.717, 1.165) is 10.0 Å². The number of nitrogens with one attached hydrogen (secondary N) is 1. The molecule has 0 radical (unpaired) electrons. The van der Waals surface area contributed by atoms with Crippen molar-refractivity contribution in [3.63, 3.8) is 0 Å². The fourth-order valence-electron chi connectivity index (χ4n) is 0.654. The molecule has 0 bridgehead atoms. The van der Waals surface area contributed by atoms with Crippen molar-refractivity contribution in [3.05, 3.63) is 11.2 Å². The van der Waals surface area contributed by atoms with E-state index in [9.17, 15) is 4.79 Å². The normalized spacial score (nSPS) is 12.6. The first kappa shape index (κ1) is 9.15. The number of amides is 1. The highest BCUT2D eigenvalue weighted by Gasteiger charge is 2.08. The second-order valence-corrected chi connectivity index (χ2v) is 3.76. The van der Waals surface area contributed by atoms with E-state index in [-0.39, 0.29) is 5.91 Å². The van der Waals surface area contributed by atoms with E-state index in [4.69, 9.17) is 5.73 Å². The van der Waals surface area contributed by atoms with E-state index < -0.39 is 6.04 Å². The molecule has 5 heteroatoms. The molecule has 0 aliphatic heterocycles. The Bertz CT molecular complexity index is 282. The van der Waals surface area contributed by atoms with Gasteiger partial charge in [-0.15, -0.1) is 11.3 Å². The van der Waals surface area contributed by atoms with Gasteiger partial charge in [0.1, 0.15) is 5.00 Å². The topological polar surface area (TPSA) is 68.0 Å². The van der Waals surface area contributed by atoms with Crippen LogP contribution in [0.3, 0.4) is 0 Å². The van der Waals surface area contributed by atoms with Crippen molar-refractivity contribution < 1.29 is 4.79 Å². The Morgan fingerprint density at radius 1 is 1.83 bits per heavy atom. The molecule has 0 aromatic carbocycles. The first-order valence-electron chi connectivity index (χ1n) is 3.58. The largest absolute Gasteiger partial charge is 0.320 e. The molecule has 1 heterocycles. The van der Waals surface area contributed by atoms with Crippen LogP contribution in [-0.2, 0) is 4.79 Å². The summed E-state index contributed by atoms with van der Waals surface area (Å²) in [6.07, 6.45) is 1.63. The minimum Gasteiger partial charge on any atom is -0.320 e. The molecule has 1 aromatic rings. The third-order valence-electron chi connectivity index (χ3n) is 1.28. The van der Waals surface area contributed by atoms with Crippen LogP contribution < -0.4 is 11.1 Å². The molecule has 12 heavy (non-hydrogen) atoms. The quantitative estimate of drug-likeness (QED) is 0.714. The molecule has 0 aliphatic carbocycles. The summed E-state index contributed by atoms with van der Waals surface area (Å²) in [5.74, 6) is -0.182. The van der Waals surface area contributed by atoms with E-state index in [1.54, 1.807) is 13.1 Å². The van der Waals surface area contributed by atoms with Gasteiger partial charge < -0.3 is 11.1 Å². The maximum atomic E-state index is 11.1. The number of carbonyl (C=O) groups excluding carboxylic acids is 1. The average Bonchev–Trinajstić information content (AvgIpc) is 2.35. The van der Waals surface area contributed by atoms with Gasteiger partial charge in [0.05, 0.1) is 17.2 Å². The SMILES string of the molecule is Cc1ncc(NC(=O)C(C)N)s1. The summed E-state index contributed by atoms with van der Waals surface area (Å²) in [7, 11) is 0. The number of rotatable bonds is 2. The van der Waals surface area contributed by atoms with Crippen molar-refractivity contribution in [2.75, 3.05) is 5.32 Å². The molecule has 0 fully saturated rings. The van der Waals surface area contributed by atoms with Gasteiger partial charge >= 0.3 is 0 Å². The number of nitrogens with two attached hydrogens (primary N) is 1. The van der Waals surface area contributed by atoms with E-state index in [0.29, 0.717) is 0 Å². The number of thiazole rings is 1. The lowest BCUT2D eigenvalue weighted by atomic mass is 10.3. The zero-order valence-corrected chi connectivity index (χ0v) is 7.81. The lowest BCUT2D eigenvalue weighted by molar-refractivity contribution is -0.117. The molecule has 0 spiro atoms. The van der Waals surface area contributed by atoms with Gasteiger partial charge in [0.2, 0.25) is 5.91 Å². The van der Waals surface area contributed by atoms with Gasteiger partial charge in [-0.1, -0.05) is 0 Å².